The van der Waals surface area contributed by atoms with Gasteiger partial charge in [-0.15, -0.1) is 0 Å². The molecule has 2 aliphatic heterocycles. The Balaban J connectivity index is 1.36. The first kappa shape index (κ1) is 19.8. The lowest BCUT2D eigenvalue weighted by atomic mass is 10.1. The second-order valence-electron chi connectivity index (χ2n) is 7.43. The zero-order chi connectivity index (χ0) is 19.1. The summed E-state index contributed by atoms with van der Waals surface area (Å²) in [5.41, 5.74) is 7.47. The SMILES string of the molecule is CCCC1CC(C(=O)N2CCN(CC(=O)NCc3ccccc3)CC2)NN1. The highest BCUT2D eigenvalue weighted by Crippen LogP contribution is 2.14. The molecule has 0 bridgehead atoms. The van der Waals surface area contributed by atoms with Crippen molar-refractivity contribution in [2.24, 2.45) is 0 Å². The van der Waals surface area contributed by atoms with Gasteiger partial charge < -0.3 is 10.2 Å². The number of amides is 2. The highest BCUT2D eigenvalue weighted by Gasteiger charge is 2.33. The average Bonchev–Trinajstić information content (AvgIpc) is 3.16. The first-order valence-electron chi connectivity index (χ1n) is 9.98. The molecule has 27 heavy (non-hydrogen) atoms. The summed E-state index contributed by atoms with van der Waals surface area (Å²) in [5.74, 6) is 0.206. The lowest BCUT2D eigenvalue weighted by Gasteiger charge is -2.35. The Morgan fingerprint density at radius 2 is 1.85 bits per heavy atom. The Bertz CT molecular complexity index is 616. The highest BCUT2D eigenvalue weighted by atomic mass is 16.2. The van der Waals surface area contributed by atoms with Crippen LogP contribution in [-0.4, -0.2) is 66.4 Å². The van der Waals surface area contributed by atoms with E-state index in [0.29, 0.717) is 32.2 Å². The standard InChI is InChI=1S/C20H31N5O2/c1-2-6-17-13-18(23-22-17)20(27)25-11-9-24(10-12-25)15-19(26)21-14-16-7-4-3-5-8-16/h3-5,7-8,17-18,22-23H,2,6,9-15H2,1H3,(H,21,26). The van der Waals surface area contributed by atoms with E-state index in [1.54, 1.807) is 0 Å². The van der Waals surface area contributed by atoms with E-state index in [0.717, 1.165) is 37.9 Å². The fraction of sp³-hybridized carbons (Fsp3) is 0.600. The minimum atomic E-state index is -0.123. The van der Waals surface area contributed by atoms with Crippen molar-refractivity contribution in [3.8, 4) is 0 Å². The molecule has 2 amide bonds. The van der Waals surface area contributed by atoms with Crippen LogP contribution in [0.15, 0.2) is 30.3 Å². The molecular weight excluding hydrogens is 342 g/mol. The van der Waals surface area contributed by atoms with E-state index in [2.05, 4.69) is 28.0 Å². The van der Waals surface area contributed by atoms with Gasteiger partial charge in [0.15, 0.2) is 0 Å². The maximum absolute atomic E-state index is 12.7. The van der Waals surface area contributed by atoms with Gasteiger partial charge in [-0.1, -0.05) is 43.7 Å². The molecule has 2 atom stereocenters. The van der Waals surface area contributed by atoms with Gasteiger partial charge in [-0.05, 0) is 18.4 Å². The number of hydrazine groups is 1. The summed E-state index contributed by atoms with van der Waals surface area (Å²) in [6.45, 7) is 5.94. The van der Waals surface area contributed by atoms with E-state index < -0.39 is 0 Å². The van der Waals surface area contributed by atoms with E-state index in [1.165, 1.54) is 0 Å². The van der Waals surface area contributed by atoms with Gasteiger partial charge in [-0.25, -0.2) is 5.43 Å². The van der Waals surface area contributed by atoms with Crippen LogP contribution in [0.2, 0.25) is 0 Å². The predicted octanol–water partition coefficient (Wildman–Crippen LogP) is 0.482. The molecule has 2 heterocycles. The second kappa shape index (κ2) is 9.82. The van der Waals surface area contributed by atoms with Crippen LogP contribution in [0.25, 0.3) is 0 Å². The second-order valence-corrected chi connectivity index (χ2v) is 7.43. The molecule has 0 aromatic heterocycles. The number of hydrogen-bond acceptors (Lipinski definition) is 5. The monoisotopic (exact) mass is 373 g/mol. The van der Waals surface area contributed by atoms with Crippen molar-refractivity contribution in [1.82, 2.24) is 26.0 Å². The predicted molar refractivity (Wildman–Crippen MR) is 105 cm³/mol. The minimum Gasteiger partial charge on any atom is -0.351 e. The Morgan fingerprint density at radius 1 is 1.11 bits per heavy atom. The van der Waals surface area contributed by atoms with Crippen LogP contribution >= 0.6 is 0 Å². The number of piperazine rings is 1. The normalized spacial score (nSPS) is 23.4. The van der Waals surface area contributed by atoms with Crippen molar-refractivity contribution < 1.29 is 9.59 Å². The number of nitrogens with one attached hydrogen (secondary N) is 3. The minimum absolute atomic E-state index is 0.0303. The smallest absolute Gasteiger partial charge is 0.241 e. The topological polar surface area (TPSA) is 76.7 Å². The van der Waals surface area contributed by atoms with Gasteiger partial charge in [0.25, 0.3) is 0 Å². The van der Waals surface area contributed by atoms with E-state index in [-0.39, 0.29) is 17.9 Å². The van der Waals surface area contributed by atoms with Crippen molar-refractivity contribution in [1.29, 1.82) is 0 Å². The molecule has 0 aliphatic carbocycles. The van der Waals surface area contributed by atoms with Gasteiger partial charge in [0, 0.05) is 38.8 Å². The van der Waals surface area contributed by atoms with Crippen molar-refractivity contribution in [2.45, 2.75) is 44.8 Å². The van der Waals surface area contributed by atoms with E-state index in [1.807, 2.05) is 35.2 Å². The lowest BCUT2D eigenvalue weighted by Crippen LogP contribution is -2.54. The third-order valence-electron chi connectivity index (χ3n) is 5.30. The lowest BCUT2D eigenvalue weighted by molar-refractivity contribution is -0.135. The zero-order valence-corrected chi connectivity index (χ0v) is 16.1. The number of carbonyl (C=O) groups is 2. The Hall–Kier alpha value is -1.96. The molecule has 1 aromatic carbocycles. The summed E-state index contributed by atoms with van der Waals surface area (Å²) in [6.07, 6.45) is 3.06. The number of rotatable bonds is 7. The van der Waals surface area contributed by atoms with Crippen LogP contribution in [0.4, 0.5) is 0 Å². The van der Waals surface area contributed by atoms with E-state index in [4.69, 9.17) is 0 Å². The van der Waals surface area contributed by atoms with Crippen LogP contribution in [0.1, 0.15) is 31.7 Å². The maximum Gasteiger partial charge on any atom is 0.241 e. The summed E-state index contributed by atoms with van der Waals surface area (Å²) in [5, 5.41) is 2.96. The number of benzene rings is 1. The molecule has 0 saturated carbocycles. The first-order valence-corrected chi connectivity index (χ1v) is 9.98. The van der Waals surface area contributed by atoms with Crippen LogP contribution in [-0.2, 0) is 16.1 Å². The number of carbonyl (C=O) groups excluding carboxylic acids is 2. The van der Waals surface area contributed by atoms with E-state index in [9.17, 15) is 9.59 Å². The molecule has 2 aliphatic rings. The average molecular weight is 374 g/mol. The highest BCUT2D eigenvalue weighted by molar-refractivity contribution is 5.82. The van der Waals surface area contributed by atoms with Gasteiger partial charge in [-0.2, -0.15) is 0 Å². The van der Waals surface area contributed by atoms with Gasteiger partial charge in [-0.3, -0.25) is 19.9 Å². The molecule has 3 N–H and O–H groups in total. The molecule has 0 spiro atoms. The summed E-state index contributed by atoms with van der Waals surface area (Å²) < 4.78 is 0. The fourth-order valence-electron chi connectivity index (χ4n) is 3.72. The van der Waals surface area contributed by atoms with Crippen LogP contribution in [0.5, 0.6) is 0 Å². The van der Waals surface area contributed by atoms with Gasteiger partial charge >= 0.3 is 0 Å². The number of nitrogens with zero attached hydrogens (tertiary/aromatic N) is 2. The summed E-state index contributed by atoms with van der Waals surface area (Å²) >= 11 is 0. The molecule has 3 rings (SSSR count). The molecule has 148 valence electrons. The Labute approximate surface area is 161 Å². The van der Waals surface area contributed by atoms with Gasteiger partial charge in [0.05, 0.1) is 6.54 Å². The fourth-order valence-corrected chi connectivity index (χ4v) is 3.72. The zero-order valence-electron chi connectivity index (χ0n) is 16.1. The number of hydrogen-bond donors (Lipinski definition) is 3. The van der Waals surface area contributed by atoms with Crippen molar-refractivity contribution >= 4 is 11.8 Å². The third-order valence-corrected chi connectivity index (χ3v) is 5.30. The summed E-state index contributed by atoms with van der Waals surface area (Å²) in [4.78, 5) is 28.9. The first-order chi connectivity index (χ1) is 13.2. The van der Waals surface area contributed by atoms with Crippen LogP contribution < -0.4 is 16.2 Å². The molecule has 0 radical (unpaired) electrons. The molecule has 2 saturated heterocycles. The summed E-state index contributed by atoms with van der Waals surface area (Å²) in [7, 11) is 0. The molecule has 2 unspecified atom stereocenters. The molecular formula is C20H31N5O2. The molecule has 2 fully saturated rings. The third kappa shape index (κ3) is 5.76. The van der Waals surface area contributed by atoms with E-state index >= 15 is 0 Å². The largest absolute Gasteiger partial charge is 0.351 e. The van der Waals surface area contributed by atoms with Crippen LogP contribution in [0.3, 0.4) is 0 Å². The summed E-state index contributed by atoms with van der Waals surface area (Å²) in [6, 6.07) is 10.2. The Kier molecular flexibility index (Phi) is 7.20. The van der Waals surface area contributed by atoms with Crippen LogP contribution in [0, 0.1) is 0 Å². The van der Waals surface area contributed by atoms with Gasteiger partial charge in [0.1, 0.15) is 6.04 Å². The molecule has 7 nitrogen and oxygen atoms in total. The van der Waals surface area contributed by atoms with Crippen molar-refractivity contribution in [3.63, 3.8) is 0 Å². The Morgan fingerprint density at radius 3 is 2.56 bits per heavy atom. The quantitative estimate of drug-likeness (QED) is 0.648. The van der Waals surface area contributed by atoms with Crippen molar-refractivity contribution in [2.75, 3.05) is 32.7 Å². The van der Waals surface area contributed by atoms with Crippen molar-refractivity contribution in [3.05, 3.63) is 35.9 Å². The van der Waals surface area contributed by atoms with Gasteiger partial charge in [0.2, 0.25) is 11.8 Å². The maximum atomic E-state index is 12.7. The molecule has 7 heteroatoms. The molecule has 1 aromatic rings.